The summed E-state index contributed by atoms with van der Waals surface area (Å²) < 4.78 is 0.934. The SMILES string of the molecule is CC.N#CCc1ccc(Br)cc1Cl. The van der Waals surface area contributed by atoms with Gasteiger partial charge in [0.25, 0.3) is 0 Å². The smallest absolute Gasteiger partial charge is 0.0670 e. The molecule has 0 aliphatic heterocycles. The van der Waals surface area contributed by atoms with Crippen LogP contribution < -0.4 is 0 Å². The van der Waals surface area contributed by atoms with Crippen LogP contribution in [-0.4, -0.2) is 0 Å². The van der Waals surface area contributed by atoms with E-state index in [1.807, 2.05) is 32.0 Å². The van der Waals surface area contributed by atoms with E-state index in [0.29, 0.717) is 11.4 Å². The highest BCUT2D eigenvalue weighted by molar-refractivity contribution is 9.10. The normalized spacial score (nSPS) is 8.23. The van der Waals surface area contributed by atoms with Gasteiger partial charge in [0.2, 0.25) is 0 Å². The Morgan fingerprint density at radius 2 is 2.08 bits per heavy atom. The van der Waals surface area contributed by atoms with Crippen LogP contribution in [0.5, 0.6) is 0 Å². The van der Waals surface area contributed by atoms with Crippen molar-refractivity contribution in [3.05, 3.63) is 33.3 Å². The second-order valence-corrected chi connectivity index (χ2v) is 3.39. The Kier molecular flexibility index (Phi) is 6.66. The molecule has 0 heterocycles. The molecule has 0 atom stereocenters. The molecule has 0 aliphatic rings. The summed E-state index contributed by atoms with van der Waals surface area (Å²) in [6, 6.07) is 7.55. The second-order valence-electron chi connectivity index (χ2n) is 2.07. The van der Waals surface area contributed by atoms with E-state index < -0.39 is 0 Å². The van der Waals surface area contributed by atoms with Crippen molar-refractivity contribution in [2.75, 3.05) is 0 Å². The molecule has 0 aliphatic carbocycles. The fraction of sp³-hybridized carbons (Fsp3) is 0.300. The van der Waals surface area contributed by atoms with E-state index >= 15 is 0 Å². The van der Waals surface area contributed by atoms with Crippen molar-refractivity contribution >= 4 is 27.5 Å². The highest BCUT2D eigenvalue weighted by Gasteiger charge is 1.98. The molecule has 0 saturated heterocycles. The Hall–Kier alpha value is -0.520. The maximum Gasteiger partial charge on any atom is 0.0670 e. The first-order valence-electron chi connectivity index (χ1n) is 4.05. The van der Waals surface area contributed by atoms with Gasteiger partial charge >= 0.3 is 0 Å². The number of nitrogens with zero attached hydrogens (tertiary/aromatic N) is 1. The van der Waals surface area contributed by atoms with E-state index in [-0.39, 0.29) is 0 Å². The minimum Gasteiger partial charge on any atom is -0.198 e. The molecule has 0 N–H and O–H groups in total. The summed E-state index contributed by atoms with van der Waals surface area (Å²) in [5.74, 6) is 0. The maximum atomic E-state index is 8.39. The average molecular weight is 261 g/mol. The minimum atomic E-state index is 0.367. The topological polar surface area (TPSA) is 23.8 Å². The van der Waals surface area contributed by atoms with Crippen LogP contribution in [0.4, 0.5) is 0 Å². The van der Waals surface area contributed by atoms with Crippen molar-refractivity contribution in [1.29, 1.82) is 5.26 Å². The van der Waals surface area contributed by atoms with Gasteiger partial charge in [-0.1, -0.05) is 47.4 Å². The van der Waals surface area contributed by atoms with Gasteiger partial charge < -0.3 is 0 Å². The molecule has 13 heavy (non-hydrogen) atoms. The van der Waals surface area contributed by atoms with Gasteiger partial charge in [-0.2, -0.15) is 5.26 Å². The Labute approximate surface area is 92.5 Å². The highest BCUT2D eigenvalue weighted by atomic mass is 79.9. The molecule has 0 fully saturated rings. The summed E-state index contributed by atoms with van der Waals surface area (Å²) in [6.45, 7) is 4.00. The molecule has 1 rings (SSSR count). The van der Waals surface area contributed by atoms with Gasteiger partial charge in [0.05, 0.1) is 12.5 Å². The quantitative estimate of drug-likeness (QED) is 0.742. The predicted molar refractivity (Wildman–Crippen MR) is 59.8 cm³/mol. The van der Waals surface area contributed by atoms with Crippen LogP contribution in [0.2, 0.25) is 5.02 Å². The Bertz CT molecular complexity index is 304. The minimum absolute atomic E-state index is 0.367. The first kappa shape index (κ1) is 12.5. The number of rotatable bonds is 1. The Balaban J connectivity index is 0.000000671. The third-order valence-corrected chi connectivity index (χ3v) is 2.13. The monoisotopic (exact) mass is 259 g/mol. The first-order valence-corrected chi connectivity index (χ1v) is 5.22. The van der Waals surface area contributed by atoms with E-state index in [1.165, 1.54) is 0 Å². The lowest BCUT2D eigenvalue weighted by atomic mass is 10.2. The lowest BCUT2D eigenvalue weighted by Gasteiger charge is -1.97. The van der Waals surface area contributed by atoms with Crippen LogP contribution in [0.25, 0.3) is 0 Å². The number of hydrogen-bond donors (Lipinski definition) is 0. The summed E-state index contributed by atoms with van der Waals surface area (Å²) in [6.07, 6.45) is 0.367. The molecule has 0 bridgehead atoms. The van der Waals surface area contributed by atoms with Crippen LogP contribution in [-0.2, 0) is 6.42 Å². The zero-order chi connectivity index (χ0) is 10.3. The predicted octanol–water partition coefficient (Wildman–Crippen LogP) is 4.19. The molecule has 3 heteroatoms. The van der Waals surface area contributed by atoms with Crippen LogP contribution in [0.1, 0.15) is 19.4 Å². The van der Waals surface area contributed by atoms with Crippen molar-refractivity contribution in [3.8, 4) is 6.07 Å². The van der Waals surface area contributed by atoms with Crippen molar-refractivity contribution in [3.63, 3.8) is 0 Å². The van der Waals surface area contributed by atoms with Gasteiger partial charge in [-0.25, -0.2) is 0 Å². The zero-order valence-corrected chi connectivity index (χ0v) is 9.98. The second kappa shape index (κ2) is 6.94. The molecule has 0 radical (unpaired) electrons. The van der Waals surface area contributed by atoms with Gasteiger partial charge in [0, 0.05) is 9.50 Å². The molecule has 1 nitrogen and oxygen atoms in total. The third kappa shape index (κ3) is 4.31. The van der Waals surface area contributed by atoms with Gasteiger partial charge in [0.1, 0.15) is 0 Å². The summed E-state index contributed by atoms with van der Waals surface area (Å²) >= 11 is 9.11. The first-order chi connectivity index (χ1) is 6.24. The van der Waals surface area contributed by atoms with Crippen LogP contribution in [0.3, 0.4) is 0 Å². The van der Waals surface area contributed by atoms with Crippen LogP contribution in [0.15, 0.2) is 22.7 Å². The Morgan fingerprint density at radius 1 is 1.46 bits per heavy atom. The molecule has 1 aromatic rings. The fourth-order valence-corrected chi connectivity index (χ4v) is 1.49. The molecular weight excluding hydrogens is 249 g/mol. The third-order valence-electron chi connectivity index (χ3n) is 1.28. The number of benzene rings is 1. The fourth-order valence-electron chi connectivity index (χ4n) is 0.750. The average Bonchev–Trinajstić information content (AvgIpc) is 2.14. The summed E-state index contributed by atoms with van der Waals surface area (Å²) in [4.78, 5) is 0. The summed E-state index contributed by atoms with van der Waals surface area (Å²) in [7, 11) is 0. The molecule has 70 valence electrons. The molecule has 0 saturated carbocycles. The van der Waals surface area contributed by atoms with E-state index in [2.05, 4.69) is 15.9 Å². The summed E-state index contributed by atoms with van der Waals surface area (Å²) in [5, 5.41) is 9.03. The molecule has 0 aromatic heterocycles. The van der Waals surface area contributed by atoms with Gasteiger partial charge in [-0.15, -0.1) is 0 Å². The zero-order valence-electron chi connectivity index (χ0n) is 7.64. The van der Waals surface area contributed by atoms with Gasteiger partial charge in [-0.05, 0) is 17.7 Å². The number of nitriles is 1. The van der Waals surface area contributed by atoms with Crippen LogP contribution in [0, 0.1) is 11.3 Å². The van der Waals surface area contributed by atoms with E-state index in [1.54, 1.807) is 6.07 Å². The van der Waals surface area contributed by atoms with Gasteiger partial charge in [-0.3, -0.25) is 0 Å². The molecule has 0 unspecified atom stereocenters. The molecular formula is C10H11BrClN. The van der Waals surface area contributed by atoms with Crippen molar-refractivity contribution in [2.45, 2.75) is 20.3 Å². The number of halogens is 2. The Morgan fingerprint density at radius 3 is 2.54 bits per heavy atom. The largest absolute Gasteiger partial charge is 0.198 e. The lowest BCUT2D eigenvalue weighted by Crippen LogP contribution is -1.82. The van der Waals surface area contributed by atoms with E-state index in [0.717, 1.165) is 10.0 Å². The highest BCUT2D eigenvalue weighted by Crippen LogP contribution is 2.21. The van der Waals surface area contributed by atoms with E-state index in [9.17, 15) is 0 Å². The van der Waals surface area contributed by atoms with Crippen molar-refractivity contribution < 1.29 is 0 Å². The lowest BCUT2D eigenvalue weighted by molar-refractivity contribution is 1.26. The molecule has 0 spiro atoms. The molecule has 0 amide bonds. The summed E-state index contributed by atoms with van der Waals surface area (Å²) in [5.41, 5.74) is 0.873. The molecule has 1 aromatic carbocycles. The van der Waals surface area contributed by atoms with Gasteiger partial charge in [0.15, 0.2) is 0 Å². The number of hydrogen-bond acceptors (Lipinski definition) is 1. The standard InChI is InChI=1S/C8H5BrClN.C2H6/c9-7-2-1-6(3-4-11)8(10)5-7;1-2/h1-2,5H,3H2;1-2H3. The van der Waals surface area contributed by atoms with Crippen molar-refractivity contribution in [1.82, 2.24) is 0 Å². The van der Waals surface area contributed by atoms with Crippen molar-refractivity contribution in [2.24, 2.45) is 0 Å². The maximum absolute atomic E-state index is 8.39. The van der Waals surface area contributed by atoms with E-state index in [4.69, 9.17) is 16.9 Å². The van der Waals surface area contributed by atoms with Crippen LogP contribution >= 0.6 is 27.5 Å².